The number of nitrogens with two attached hydrogens (primary N) is 2. The van der Waals surface area contributed by atoms with Crippen LogP contribution in [0.1, 0.15) is 47.5 Å². The number of esters is 1. The number of carbonyl (C=O) groups is 1. The molecular weight excluding hydrogens is 316 g/mol. The molecule has 0 aromatic heterocycles. The molecule has 2 aromatic rings. The Kier molecular flexibility index (Phi) is 5.12. The van der Waals surface area contributed by atoms with Crippen LogP contribution in [0.3, 0.4) is 0 Å². The maximum absolute atomic E-state index is 12.3. The lowest BCUT2D eigenvalue weighted by Gasteiger charge is -2.28. The van der Waals surface area contributed by atoms with Crippen molar-refractivity contribution in [2.45, 2.75) is 37.7 Å². The normalized spacial score (nSPS) is 20.0. The highest BCUT2D eigenvalue weighted by atomic mass is 16.5. The molecule has 0 unspecified atom stereocenters. The van der Waals surface area contributed by atoms with Gasteiger partial charge in [0.2, 0.25) is 0 Å². The third-order valence-corrected chi connectivity index (χ3v) is 4.75. The fourth-order valence-electron chi connectivity index (χ4n) is 3.40. The summed E-state index contributed by atoms with van der Waals surface area (Å²) in [5.41, 5.74) is 14.1. The number of anilines is 2. The van der Waals surface area contributed by atoms with Crippen LogP contribution in [0.4, 0.5) is 11.4 Å². The van der Waals surface area contributed by atoms with Crippen LogP contribution < -0.4 is 16.2 Å². The van der Waals surface area contributed by atoms with E-state index in [1.54, 1.807) is 25.3 Å². The van der Waals surface area contributed by atoms with Crippen molar-refractivity contribution in [2.75, 3.05) is 18.6 Å². The van der Waals surface area contributed by atoms with Gasteiger partial charge in [0, 0.05) is 11.4 Å². The summed E-state index contributed by atoms with van der Waals surface area (Å²) in [7, 11) is 1.67. The Balaban J connectivity index is 1.55. The molecule has 5 nitrogen and oxygen atoms in total. The Hall–Kier alpha value is -2.69. The Morgan fingerprint density at radius 3 is 2.12 bits per heavy atom. The summed E-state index contributed by atoms with van der Waals surface area (Å²) >= 11 is 0. The third-order valence-electron chi connectivity index (χ3n) is 4.75. The first-order valence-corrected chi connectivity index (χ1v) is 8.56. The molecule has 4 N–H and O–H groups in total. The van der Waals surface area contributed by atoms with Gasteiger partial charge >= 0.3 is 5.97 Å². The molecular formula is C20H24N2O3. The van der Waals surface area contributed by atoms with Crippen LogP contribution in [0.25, 0.3) is 0 Å². The second kappa shape index (κ2) is 7.47. The van der Waals surface area contributed by atoms with Gasteiger partial charge in [0.1, 0.15) is 11.9 Å². The standard InChI is InChI=1S/C20H24N2O3/c1-24-18-6-2-13(3-7-18)14-4-8-19(9-5-14)25-20(23)15-10-16(21)12-17(22)11-15/h2-3,6-7,10-12,14,19H,4-5,8-9,21-22H2,1H3. The zero-order chi connectivity index (χ0) is 17.8. The van der Waals surface area contributed by atoms with Gasteiger partial charge in [0.15, 0.2) is 0 Å². The molecule has 1 fully saturated rings. The number of carbonyl (C=O) groups excluding carboxylic acids is 1. The van der Waals surface area contributed by atoms with Crippen LogP contribution in [0.15, 0.2) is 42.5 Å². The molecule has 132 valence electrons. The lowest BCUT2D eigenvalue weighted by Crippen LogP contribution is -2.24. The lowest BCUT2D eigenvalue weighted by molar-refractivity contribution is 0.0195. The van der Waals surface area contributed by atoms with E-state index in [1.807, 2.05) is 12.1 Å². The van der Waals surface area contributed by atoms with Gasteiger partial charge < -0.3 is 20.9 Å². The van der Waals surface area contributed by atoms with E-state index in [4.69, 9.17) is 20.9 Å². The molecule has 0 spiro atoms. The minimum absolute atomic E-state index is 0.0512. The van der Waals surface area contributed by atoms with Crippen molar-refractivity contribution in [3.63, 3.8) is 0 Å². The maximum atomic E-state index is 12.3. The summed E-state index contributed by atoms with van der Waals surface area (Å²) in [5.74, 6) is 1.02. The second-order valence-corrected chi connectivity index (χ2v) is 6.54. The molecule has 1 aliphatic rings. The number of ether oxygens (including phenoxy) is 2. The number of rotatable bonds is 4. The Morgan fingerprint density at radius 1 is 0.960 bits per heavy atom. The first kappa shape index (κ1) is 17.1. The summed E-state index contributed by atoms with van der Waals surface area (Å²) in [6.07, 6.45) is 3.68. The SMILES string of the molecule is COc1ccc(C2CCC(OC(=O)c3cc(N)cc(N)c3)CC2)cc1. The molecule has 0 radical (unpaired) electrons. The topological polar surface area (TPSA) is 87.6 Å². The largest absolute Gasteiger partial charge is 0.497 e. The number of benzene rings is 2. The van der Waals surface area contributed by atoms with Crippen LogP contribution in [-0.2, 0) is 4.74 Å². The molecule has 1 saturated carbocycles. The highest BCUT2D eigenvalue weighted by Gasteiger charge is 2.25. The molecule has 0 saturated heterocycles. The zero-order valence-electron chi connectivity index (χ0n) is 14.4. The Labute approximate surface area is 147 Å². The number of hydrogen-bond donors (Lipinski definition) is 2. The van der Waals surface area contributed by atoms with Crippen molar-refractivity contribution in [3.8, 4) is 5.75 Å². The first-order chi connectivity index (χ1) is 12.0. The molecule has 0 aliphatic heterocycles. The van der Waals surface area contributed by atoms with E-state index in [9.17, 15) is 4.79 Å². The van der Waals surface area contributed by atoms with Crippen molar-refractivity contribution in [1.82, 2.24) is 0 Å². The first-order valence-electron chi connectivity index (χ1n) is 8.56. The van der Waals surface area contributed by atoms with Gasteiger partial charge in [-0.25, -0.2) is 4.79 Å². The van der Waals surface area contributed by atoms with E-state index in [0.717, 1.165) is 31.4 Å². The zero-order valence-corrected chi connectivity index (χ0v) is 14.4. The summed E-state index contributed by atoms with van der Waals surface area (Å²) in [4.78, 5) is 12.3. The third kappa shape index (κ3) is 4.24. The van der Waals surface area contributed by atoms with Crippen molar-refractivity contribution in [2.24, 2.45) is 0 Å². The van der Waals surface area contributed by atoms with Gasteiger partial charge in [-0.2, -0.15) is 0 Å². The predicted octanol–water partition coefficient (Wildman–Crippen LogP) is 3.74. The fourth-order valence-corrected chi connectivity index (χ4v) is 3.40. The molecule has 5 heteroatoms. The van der Waals surface area contributed by atoms with Gasteiger partial charge in [0.25, 0.3) is 0 Å². The van der Waals surface area contributed by atoms with Crippen molar-refractivity contribution in [1.29, 1.82) is 0 Å². The maximum Gasteiger partial charge on any atom is 0.338 e. The molecule has 0 bridgehead atoms. The van der Waals surface area contributed by atoms with Crippen molar-refractivity contribution < 1.29 is 14.3 Å². The van der Waals surface area contributed by atoms with E-state index < -0.39 is 0 Å². The van der Waals surface area contributed by atoms with Crippen molar-refractivity contribution >= 4 is 17.3 Å². The van der Waals surface area contributed by atoms with Crippen molar-refractivity contribution in [3.05, 3.63) is 53.6 Å². The molecule has 0 heterocycles. The lowest BCUT2D eigenvalue weighted by atomic mass is 9.83. The number of nitrogen functional groups attached to an aromatic ring is 2. The average Bonchev–Trinajstić information content (AvgIpc) is 2.61. The fraction of sp³-hybridized carbons (Fsp3) is 0.350. The number of hydrogen-bond acceptors (Lipinski definition) is 5. The van der Waals surface area contributed by atoms with Gasteiger partial charge in [-0.05, 0) is 67.5 Å². The molecule has 0 amide bonds. The molecule has 25 heavy (non-hydrogen) atoms. The van der Waals surface area contributed by atoms with E-state index in [-0.39, 0.29) is 12.1 Å². The van der Waals surface area contributed by atoms with E-state index >= 15 is 0 Å². The Bertz CT molecular complexity index is 715. The van der Waals surface area contributed by atoms with Crippen LogP contribution >= 0.6 is 0 Å². The minimum Gasteiger partial charge on any atom is -0.497 e. The molecule has 0 atom stereocenters. The van der Waals surface area contributed by atoms with Crippen LogP contribution in [0.2, 0.25) is 0 Å². The van der Waals surface area contributed by atoms with Gasteiger partial charge in [-0.3, -0.25) is 0 Å². The van der Waals surface area contributed by atoms with E-state index in [0.29, 0.717) is 22.9 Å². The number of methoxy groups -OCH3 is 1. The Morgan fingerprint density at radius 2 is 1.56 bits per heavy atom. The highest BCUT2D eigenvalue weighted by molar-refractivity contribution is 5.91. The minimum atomic E-state index is -0.355. The van der Waals surface area contributed by atoms with Gasteiger partial charge in [0.05, 0.1) is 12.7 Å². The summed E-state index contributed by atoms with van der Waals surface area (Å²) in [6.45, 7) is 0. The summed E-state index contributed by atoms with van der Waals surface area (Å²) in [6, 6.07) is 13.0. The smallest absolute Gasteiger partial charge is 0.338 e. The predicted molar refractivity (Wildman–Crippen MR) is 98.7 cm³/mol. The van der Waals surface area contributed by atoms with Gasteiger partial charge in [-0.15, -0.1) is 0 Å². The van der Waals surface area contributed by atoms with E-state index in [1.165, 1.54) is 5.56 Å². The molecule has 1 aliphatic carbocycles. The second-order valence-electron chi connectivity index (χ2n) is 6.54. The highest BCUT2D eigenvalue weighted by Crippen LogP contribution is 2.35. The average molecular weight is 340 g/mol. The van der Waals surface area contributed by atoms with Crippen LogP contribution in [0, 0.1) is 0 Å². The van der Waals surface area contributed by atoms with Crippen LogP contribution in [0.5, 0.6) is 5.75 Å². The van der Waals surface area contributed by atoms with Gasteiger partial charge in [-0.1, -0.05) is 12.1 Å². The summed E-state index contributed by atoms with van der Waals surface area (Å²) < 4.78 is 10.8. The van der Waals surface area contributed by atoms with E-state index in [2.05, 4.69) is 12.1 Å². The summed E-state index contributed by atoms with van der Waals surface area (Å²) in [5, 5.41) is 0. The molecule has 3 rings (SSSR count). The van der Waals surface area contributed by atoms with Crippen LogP contribution in [-0.4, -0.2) is 19.2 Å². The quantitative estimate of drug-likeness (QED) is 0.654. The molecule has 2 aromatic carbocycles. The monoisotopic (exact) mass is 340 g/mol.